The number of hydrogen-bond acceptors (Lipinski definition) is 5. The number of carboxylic acid groups (broad SMARTS) is 1. The molecule has 1 aliphatic rings. The summed E-state index contributed by atoms with van der Waals surface area (Å²) in [6.45, 7) is 0.519. The van der Waals surface area contributed by atoms with Crippen LogP contribution < -0.4 is 4.74 Å². The van der Waals surface area contributed by atoms with Gasteiger partial charge in [-0.25, -0.2) is 4.39 Å². The van der Waals surface area contributed by atoms with Gasteiger partial charge in [0.1, 0.15) is 11.6 Å². The highest BCUT2D eigenvalue weighted by molar-refractivity contribution is 5.97. The van der Waals surface area contributed by atoms with Gasteiger partial charge in [-0.3, -0.25) is 9.59 Å². The van der Waals surface area contributed by atoms with Crippen LogP contribution in [0.1, 0.15) is 28.4 Å². The van der Waals surface area contributed by atoms with E-state index in [1.807, 2.05) is 0 Å². The van der Waals surface area contributed by atoms with Crippen molar-refractivity contribution in [2.45, 2.75) is 12.3 Å². The summed E-state index contributed by atoms with van der Waals surface area (Å²) in [5, 5.41) is 19.4. The van der Waals surface area contributed by atoms with Crippen molar-refractivity contribution >= 4 is 11.9 Å². The summed E-state index contributed by atoms with van der Waals surface area (Å²) in [7, 11) is 1.40. The lowest BCUT2D eigenvalue weighted by Crippen LogP contribution is -2.29. The predicted molar refractivity (Wildman–Crippen MR) is 83.7 cm³/mol. The van der Waals surface area contributed by atoms with Gasteiger partial charge in [0.05, 0.1) is 31.0 Å². The van der Waals surface area contributed by atoms with Gasteiger partial charge in [0, 0.05) is 19.0 Å². The van der Waals surface area contributed by atoms with E-state index in [1.165, 1.54) is 30.3 Å². The van der Waals surface area contributed by atoms with Gasteiger partial charge in [-0.15, -0.1) is 0 Å². The zero-order valence-electron chi connectivity index (χ0n) is 13.5. The first kappa shape index (κ1) is 16.9. The van der Waals surface area contributed by atoms with E-state index in [2.05, 4.69) is 15.4 Å². The Morgan fingerprint density at radius 1 is 1.44 bits per heavy atom. The van der Waals surface area contributed by atoms with Crippen LogP contribution in [0.25, 0.3) is 0 Å². The van der Waals surface area contributed by atoms with Crippen molar-refractivity contribution in [3.05, 3.63) is 41.5 Å². The number of amides is 1. The molecule has 8 nitrogen and oxygen atoms in total. The normalized spacial score (nSPS) is 19.8. The van der Waals surface area contributed by atoms with E-state index in [0.29, 0.717) is 5.69 Å². The fraction of sp³-hybridized carbons (Fsp3) is 0.375. The van der Waals surface area contributed by atoms with Crippen LogP contribution in [0.15, 0.2) is 24.4 Å². The van der Waals surface area contributed by atoms with Crippen LogP contribution in [0.2, 0.25) is 0 Å². The molecule has 1 fully saturated rings. The predicted octanol–water partition coefficient (Wildman–Crippen LogP) is 1.28. The smallest absolute Gasteiger partial charge is 0.303 e. The number of rotatable bonds is 5. The van der Waals surface area contributed by atoms with Crippen molar-refractivity contribution < 1.29 is 23.8 Å². The van der Waals surface area contributed by atoms with Gasteiger partial charge in [-0.2, -0.15) is 15.4 Å². The fourth-order valence-corrected chi connectivity index (χ4v) is 3.21. The second kappa shape index (κ2) is 6.88. The number of carboxylic acids is 1. The van der Waals surface area contributed by atoms with E-state index >= 15 is 0 Å². The minimum Gasteiger partial charge on any atom is -0.496 e. The molecule has 1 aromatic carbocycles. The number of ether oxygens (including phenoxy) is 1. The number of carbonyl (C=O) groups excluding carboxylic acids is 1. The molecule has 132 valence electrons. The first-order valence-corrected chi connectivity index (χ1v) is 7.70. The van der Waals surface area contributed by atoms with Crippen LogP contribution >= 0.6 is 0 Å². The molecule has 2 N–H and O–H groups in total. The van der Waals surface area contributed by atoms with Gasteiger partial charge < -0.3 is 14.7 Å². The molecular formula is C16H17FN4O4. The number of nitrogens with zero attached hydrogens (tertiary/aromatic N) is 3. The lowest BCUT2D eigenvalue weighted by Gasteiger charge is -2.18. The summed E-state index contributed by atoms with van der Waals surface area (Å²) in [5.74, 6) is -2.18. The third-order valence-corrected chi connectivity index (χ3v) is 4.37. The van der Waals surface area contributed by atoms with Crippen LogP contribution in [0.4, 0.5) is 4.39 Å². The average molecular weight is 348 g/mol. The van der Waals surface area contributed by atoms with E-state index < -0.39 is 17.7 Å². The van der Waals surface area contributed by atoms with E-state index in [0.717, 1.165) is 6.07 Å². The van der Waals surface area contributed by atoms with E-state index in [-0.39, 0.29) is 42.7 Å². The molecule has 1 saturated heterocycles. The largest absolute Gasteiger partial charge is 0.496 e. The van der Waals surface area contributed by atoms with Gasteiger partial charge in [0.2, 0.25) is 0 Å². The highest BCUT2D eigenvalue weighted by Crippen LogP contribution is 2.35. The maximum Gasteiger partial charge on any atom is 0.303 e. The Hall–Kier alpha value is -2.97. The fourth-order valence-electron chi connectivity index (χ4n) is 3.21. The van der Waals surface area contributed by atoms with Gasteiger partial charge in [0.15, 0.2) is 0 Å². The minimum absolute atomic E-state index is 0.0956. The molecular weight excluding hydrogens is 331 g/mol. The van der Waals surface area contributed by atoms with Gasteiger partial charge in [-0.1, -0.05) is 0 Å². The maximum atomic E-state index is 13.6. The Labute approximate surface area is 142 Å². The average Bonchev–Trinajstić information content (AvgIpc) is 3.23. The van der Waals surface area contributed by atoms with E-state index in [1.54, 1.807) is 0 Å². The van der Waals surface area contributed by atoms with Crippen molar-refractivity contribution in [1.29, 1.82) is 0 Å². The standard InChI is InChI=1S/C16H17FN4O4/c1-25-14-3-2-10(17)5-11(14)16(24)21-7-9(4-15(22)23)12(8-21)13-6-18-20-19-13/h2-3,5-6,9,12H,4,7-8H2,1H3,(H,22,23)(H,18,19,20)/t9-,12+/m0/s1. The number of aliphatic carboxylic acids is 1. The Balaban J connectivity index is 1.87. The first-order valence-electron chi connectivity index (χ1n) is 7.70. The molecule has 0 radical (unpaired) electrons. The van der Waals surface area contributed by atoms with Crippen molar-refractivity contribution in [2.24, 2.45) is 5.92 Å². The number of H-pyrrole nitrogens is 1. The highest BCUT2D eigenvalue weighted by atomic mass is 19.1. The summed E-state index contributed by atoms with van der Waals surface area (Å²) in [6, 6.07) is 3.73. The summed E-state index contributed by atoms with van der Waals surface area (Å²) >= 11 is 0. The lowest BCUT2D eigenvalue weighted by molar-refractivity contribution is -0.138. The first-order chi connectivity index (χ1) is 12.0. The Kier molecular flexibility index (Phi) is 4.64. The SMILES string of the molecule is COc1ccc(F)cc1C(=O)N1C[C@H](CC(=O)O)[C@H](c2cn[nH]n2)C1. The topological polar surface area (TPSA) is 108 Å². The zero-order chi connectivity index (χ0) is 18.0. The number of carbonyl (C=O) groups is 2. The number of hydrogen-bond donors (Lipinski definition) is 2. The molecule has 2 heterocycles. The molecule has 0 aliphatic carbocycles. The number of nitrogens with one attached hydrogen (secondary N) is 1. The van der Waals surface area contributed by atoms with Crippen molar-refractivity contribution in [3.8, 4) is 5.75 Å². The minimum atomic E-state index is -0.948. The molecule has 0 bridgehead atoms. The molecule has 0 spiro atoms. The molecule has 1 aliphatic heterocycles. The van der Waals surface area contributed by atoms with Gasteiger partial charge >= 0.3 is 5.97 Å². The zero-order valence-corrected chi connectivity index (χ0v) is 13.5. The number of likely N-dealkylation sites (tertiary alicyclic amines) is 1. The van der Waals surface area contributed by atoms with Crippen molar-refractivity contribution in [3.63, 3.8) is 0 Å². The second-order valence-electron chi connectivity index (χ2n) is 5.91. The molecule has 2 atom stereocenters. The quantitative estimate of drug-likeness (QED) is 0.843. The third-order valence-electron chi connectivity index (χ3n) is 4.37. The summed E-state index contributed by atoms with van der Waals surface area (Å²) in [5.41, 5.74) is 0.713. The molecule has 9 heteroatoms. The molecule has 3 rings (SSSR count). The van der Waals surface area contributed by atoms with Crippen LogP contribution in [0, 0.1) is 11.7 Å². The van der Waals surface area contributed by atoms with Crippen molar-refractivity contribution in [2.75, 3.05) is 20.2 Å². The Bertz CT molecular complexity index is 780. The maximum absolute atomic E-state index is 13.6. The lowest BCUT2D eigenvalue weighted by atomic mass is 9.91. The van der Waals surface area contributed by atoms with Crippen molar-refractivity contribution in [1.82, 2.24) is 20.3 Å². The number of aromatic nitrogens is 3. The van der Waals surface area contributed by atoms with Crippen LogP contribution in [0.3, 0.4) is 0 Å². The highest BCUT2D eigenvalue weighted by Gasteiger charge is 2.39. The van der Waals surface area contributed by atoms with Crippen LogP contribution in [-0.4, -0.2) is 57.5 Å². The Morgan fingerprint density at radius 2 is 2.24 bits per heavy atom. The molecule has 25 heavy (non-hydrogen) atoms. The summed E-state index contributed by atoms with van der Waals surface area (Å²) in [6.07, 6.45) is 1.43. The number of benzene rings is 1. The van der Waals surface area contributed by atoms with Crippen LogP contribution in [-0.2, 0) is 4.79 Å². The summed E-state index contributed by atoms with van der Waals surface area (Å²) < 4.78 is 18.7. The molecule has 2 aromatic rings. The van der Waals surface area contributed by atoms with E-state index in [4.69, 9.17) is 9.84 Å². The van der Waals surface area contributed by atoms with E-state index in [9.17, 15) is 14.0 Å². The molecule has 0 saturated carbocycles. The Morgan fingerprint density at radius 3 is 2.88 bits per heavy atom. The third kappa shape index (κ3) is 3.44. The van der Waals surface area contributed by atoms with Gasteiger partial charge in [0.25, 0.3) is 5.91 Å². The summed E-state index contributed by atoms with van der Waals surface area (Å²) in [4.78, 5) is 25.5. The number of aromatic amines is 1. The number of halogens is 1. The van der Waals surface area contributed by atoms with Gasteiger partial charge in [-0.05, 0) is 24.1 Å². The van der Waals surface area contributed by atoms with Crippen LogP contribution in [0.5, 0.6) is 5.75 Å². The molecule has 1 amide bonds. The monoisotopic (exact) mass is 348 g/mol. The molecule has 0 unspecified atom stereocenters. The number of methoxy groups -OCH3 is 1. The molecule has 1 aromatic heterocycles. The second-order valence-corrected chi connectivity index (χ2v) is 5.91.